The molecule has 3 aromatic carbocycles. The first-order valence-electron chi connectivity index (χ1n) is 15.6. The van der Waals surface area contributed by atoms with Crippen molar-refractivity contribution in [1.82, 2.24) is 24.8 Å². The van der Waals surface area contributed by atoms with Gasteiger partial charge in [0.25, 0.3) is 0 Å². The second-order valence-corrected chi connectivity index (χ2v) is 12.4. The second kappa shape index (κ2) is 11.6. The Bertz CT molecular complexity index is 1890. The third kappa shape index (κ3) is 5.17. The van der Waals surface area contributed by atoms with Crippen molar-refractivity contribution in [3.63, 3.8) is 0 Å². The van der Waals surface area contributed by atoms with Crippen LogP contribution in [0.5, 0.6) is 5.75 Å². The van der Waals surface area contributed by atoms with Gasteiger partial charge in [0.15, 0.2) is 0 Å². The van der Waals surface area contributed by atoms with E-state index in [1.807, 2.05) is 38.2 Å². The van der Waals surface area contributed by atoms with E-state index in [-0.39, 0.29) is 24.1 Å². The molecule has 0 aliphatic carbocycles. The maximum absolute atomic E-state index is 13.6. The lowest BCUT2D eigenvalue weighted by atomic mass is 10.0. The fraction of sp³-hybridized carbons (Fsp3) is 0.306. The molecule has 7 rings (SSSR count). The zero-order chi connectivity index (χ0) is 31.2. The Morgan fingerprint density at radius 1 is 1.09 bits per heavy atom. The summed E-state index contributed by atoms with van der Waals surface area (Å²) in [4.78, 5) is 35.5. The van der Waals surface area contributed by atoms with Crippen molar-refractivity contribution in [3.8, 4) is 28.3 Å². The first kappa shape index (κ1) is 28.9. The van der Waals surface area contributed by atoms with Crippen LogP contribution in [0.2, 0.25) is 0 Å². The fourth-order valence-electron chi connectivity index (χ4n) is 6.69. The molecule has 2 aliphatic heterocycles. The molecular weight excluding hydrogens is 566 g/mol. The van der Waals surface area contributed by atoms with Gasteiger partial charge in [-0.15, -0.1) is 0 Å². The molecule has 9 nitrogen and oxygen atoms in total. The Morgan fingerprint density at radius 3 is 2.69 bits per heavy atom. The smallest absolute Gasteiger partial charge is 0.246 e. The van der Waals surface area contributed by atoms with Gasteiger partial charge < -0.3 is 29.6 Å². The normalized spacial score (nSPS) is 18.0. The highest BCUT2D eigenvalue weighted by Crippen LogP contribution is 2.45. The lowest BCUT2D eigenvalue weighted by Crippen LogP contribution is -2.51. The predicted octanol–water partition coefficient (Wildman–Crippen LogP) is 5.74. The molecule has 2 aliphatic rings. The van der Waals surface area contributed by atoms with Crippen molar-refractivity contribution in [2.75, 3.05) is 13.2 Å². The predicted molar refractivity (Wildman–Crippen MR) is 172 cm³/mol. The van der Waals surface area contributed by atoms with E-state index < -0.39 is 18.6 Å². The van der Waals surface area contributed by atoms with E-state index in [0.717, 1.165) is 69.0 Å². The highest BCUT2D eigenvalue weighted by molar-refractivity contribution is 5.92. The van der Waals surface area contributed by atoms with E-state index in [0.29, 0.717) is 6.54 Å². The lowest BCUT2D eigenvalue weighted by Gasteiger charge is -2.30. The maximum Gasteiger partial charge on any atom is 0.246 e. The number of carbonyl (C=O) groups is 2. The van der Waals surface area contributed by atoms with Crippen LogP contribution in [-0.4, -0.2) is 55.5 Å². The second-order valence-electron chi connectivity index (χ2n) is 12.4. The number of nitrogens with zero attached hydrogens (tertiary/aromatic N) is 3. The van der Waals surface area contributed by atoms with Crippen LogP contribution < -0.4 is 10.1 Å². The van der Waals surface area contributed by atoms with Gasteiger partial charge in [0.2, 0.25) is 18.0 Å². The van der Waals surface area contributed by atoms with Gasteiger partial charge in [-0.1, -0.05) is 56.3 Å². The van der Waals surface area contributed by atoms with Gasteiger partial charge in [-0.25, -0.2) is 4.98 Å². The van der Waals surface area contributed by atoms with Crippen LogP contribution in [0, 0.1) is 12.8 Å². The fourth-order valence-corrected chi connectivity index (χ4v) is 6.69. The molecule has 45 heavy (non-hydrogen) atoms. The number of benzene rings is 3. The van der Waals surface area contributed by atoms with Crippen molar-refractivity contribution in [3.05, 3.63) is 95.9 Å². The molecule has 0 saturated carbocycles. The molecule has 3 unspecified atom stereocenters. The zero-order valence-electron chi connectivity index (χ0n) is 25.7. The molecule has 1 saturated heterocycles. The summed E-state index contributed by atoms with van der Waals surface area (Å²) in [6.45, 7) is 5.79. The summed E-state index contributed by atoms with van der Waals surface area (Å²) in [6, 6.07) is 24.3. The standard InChI is InChI=1S/C36H37N5O4/c1-21(2)33(39-32(43)20-42)35(44)40-15-7-10-29(40)34-37-19-27(38-34)24-12-14-28-25(17-24)18-30-26-13-11-22(3)16-31(26)45-36(41(28)30)23-8-5-4-6-9-23/h4-6,8-9,11-14,16-19,21,29,33,36,42H,7,10,15,20H2,1-3H3,(H,37,38)(H,39,43). The number of hydrogen-bond donors (Lipinski definition) is 3. The Balaban J connectivity index is 1.22. The average molecular weight is 604 g/mol. The van der Waals surface area contributed by atoms with E-state index in [4.69, 9.17) is 9.72 Å². The van der Waals surface area contributed by atoms with Crippen molar-refractivity contribution in [2.45, 2.75) is 51.9 Å². The first-order valence-corrected chi connectivity index (χ1v) is 15.6. The molecule has 1 fully saturated rings. The number of fused-ring (bicyclic) bond motifs is 5. The van der Waals surface area contributed by atoms with Crippen LogP contribution in [0.25, 0.3) is 33.4 Å². The van der Waals surface area contributed by atoms with Gasteiger partial charge in [-0.2, -0.15) is 0 Å². The molecule has 0 spiro atoms. The topological polar surface area (TPSA) is 112 Å². The van der Waals surface area contributed by atoms with Gasteiger partial charge in [0.1, 0.15) is 24.2 Å². The minimum atomic E-state index is -0.708. The monoisotopic (exact) mass is 603 g/mol. The number of hydrogen-bond acceptors (Lipinski definition) is 5. The molecule has 230 valence electrons. The number of carbonyl (C=O) groups excluding carboxylic acids is 2. The number of aryl methyl sites for hydroxylation is 1. The number of amides is 2. The minimum Gasteiger partial charge on any atom is -0.465 e. The highest BCUT2D eigenvalue weighted by Gasteiger charge is 2.37. The van der Waals surface area contributed by atoms with Crippen molar-refractivity contribution in [1.29, 1.82) is 0 Å². The first-order chi connectivity index (χ1) is 21.8. The van der Waals surface area contributed by atoms with E-state index >= 15 is 0 Å². The Morgan fingerprint density at radius 2 is 1.91 bits per heavy atom. The molecule has 3 atom stereocenters. The molecule has 2 aromatic heterocycles. The van der Waals surface area contributed by atoms with Gasteiger partial charge >= 0.3 is 0 Å². The van der Waals surface area contributed by atoms with Crippen LogP contribution in [0.15, 0.2) is 79.0 Å². The summed E-state index contributed by atoms with van der Waals surface area (Å²) in [7, 11) is 0. The molecule has 5 aromatic rings. The van der Waals surface area contributed by atoms with E-state index in [9.17, 15) is 14.7 Å². The van der Waals surface area contributed by atoms with E-state index in [1.54, 1.807) is 4.90 Å². The number of rotatable bonds is 7. The molecule has 9 heteroatoms. The van der Waals surface area contributed by atoms with Gasteiger partial charge in [0.05, 0.1) is 29.1 Å². The van der Waals surface area contributed by atoms with Gasteiger partial charge in [-0.3, -0.25) is 9.59 Å². The number of aromatic nitrogens is 3. The van der Waals surface area contributed by atoms with Crippen LogP contribution in [-0.2, 0) is 9.59 Å². The summed E-state index contributed by atoms with van der Waals surface area (Å²) in [5.41, 5.74) is 7.35. The molecular formula is C36H37N5O4. The number of aliphatic hydroxyl groups excluding tert-OH is 1. The largest absolute Gasteiger partial charge is 0.465 e. The van der Waals surface area contributed by atoms with Crippen molar-refractivity contribution in [2.24, 2.45) is 5.92 Å². The number of ether oxygens (including phenoxy) is 1. The van der Waals surface area contributed by atoms with Crippen LogP contribution in [0.3, 0.4) is 0 Å². The number of H-pyrrole nitrogens is 1. The third-order valence-electron chi connectivity index (χ3n) is 8.96. The Kier molecular flexibility index (Phi) is 7.41. The summed E-state index contributed by atoms with van der Waals surface area (Å²) in [5.74, 6) is 0.776. The quantitative estimate of drug-likeness (QED) is 0.220. The SMILES string of the molecule is Cc1ccc2c(c1)OC(c1ccccc1)n1c-2cc2cc(-c3cnc(C4CCCN4C(=O)C(NC(=O)CO)C(C)C)[nH]3)ccc21. The average Bonchev–Trinajstić information content (AvgIpc) is 3.81. The van der Waals surface area contributed by atoms with Crippen molar-refractivity contribution >= 4 is 22.7 Å². The third-order valence-corrected chi connectivity index (χ3v) is 8.96. The number of nitrogens with one attached hydrogen (secondary N) is 2. The lowest BCUT2D eigenvalue weighted by molar-refractivity contribution is -0.139. The van der Waals surface area contributed by atoms with E-state index in [1.165, 1.54) is 0 Å². The summed E-state index contributed by atoms with van der Waals surface area (Å²) in [5, 5.41) is 13.0. The van der Waals surface area contributed by atoms with Crippen LogP contribution in [0.1, 0.15) is 55.9 Å². The van der Waals surface area contributed by atoms with Crippen LogP contribution in [0.4, 0.5) is 0 Å². The van der Waals surface area contributed by atoms with Gasteiger partial charge in [-0.05, 0) is 61.6 Å². The summed E-state index contributed by atoms with van der Waals surface area (Å²) in [6.07, 6.45) is 3.16. The summed E-state index contributed by atoms with van der Waals surface area (Å²) >= 11 is 0. The summed E-state index contributed by atoms with van der Waals surface area (Å²) < 4.78 is 8.91. The number of imidazole rings is 1. The molecule has 0 bridgehead atoms. The molecule has 2 amide bonds. The number of aliphatic hydroxyl groups is 1. The maximum atomic E-state index is 13.6. The highest BCUT2D eigenvalue weighted by atomic mass is 16.5. The zero-order valence-corrected chi connectivity index (χ0v) is 25.7. The van der Waals surface area contributed by atoms with Crippen molar-refractivity contribution < 1.29 is 19.4 Å². The molecule has 4 heterocycles. The number of likely N-dealkylation sites (tertiary alicyclic amines) is 1. The Hall–Kier alpha value is -4.89. The van der Waals surface area contributed by atoms with Crippen LogP contribution >= 0.6 is 0 Å². The minimum absolute atomic E-state index is 0.121. The number of aromatic amines is 1. The van der Waals surface area contributed by atoms with E-state index in [2.05, 4.69) is 76.4 Å². The molecule has 0 radical (unpaired) electrons. The van der Waals surface area contributed by atoms with Gasteiger partial charge in [0, 0.05) is 28.6 Å². The molecule has 3 N–H and O–H groups in total. The Labute approximate surface area is 261 Å².